The molecule has 0 spiro atoms. The summed E-state index contributed by atoms with van der Waals surface area (Å²) in [6.45, 7) is 0. The highest BCUT2D eigenvalue weighted by Crippen LogP contribution is 2.25. The molecule has 0 aliphatic carbocycles. The lowest BCUT2D eigenvalue weighted by molar-refractivity contribution is 1.53. The molecule has 2 nitrogen and oxygen atoms in total. The van der Waals surface area contributed by atoms with Gasteiger partial charge in [-0.15, -0.1) is 0 Å². The molecule has 27 heavy (non-hydrogen) atoms. The molecule has 2 heteroatoms. The summed E-state index contributed by atoms with van der Waals surface area (Å²) in [5.41, 5.74) is 6.77. The Labute approximate surface area is 161 Å². The van der Waals surface area contributed by atoms with E-state index >= 15 is 0 Å². The van der Waals surface area contributed by atoms with Gasteiger partial charge >= 0.3 is 0 Å². The third-order valence-electron chi connectivity index (χ3n) is 4.23. The average Bonchev–Trinajstić information content (AvgIpc) is 2.71. The van der Waals surface area contributed by atoms with Crippen molar-refractivity contribution in [2.45, 2.75) is 7.43 Å². The summed E-state index contributed by atoms with van der Waals surface area (Å²) >= 11 is 0. The molecule has 0 radical (unpaired) electrons. The number of rotatable bonds is 5. The third kappa shape index (κ3) is 4.77. The van der Waals surface area contributed by atoms with Crippen LogP contribution in [0.2, 0.25) is 0 Å². The number of nitrogens with one attached hydrogen (secondary N) is 2. The molecule has 0 aliphatic heterocycles. The van der Waals surface area contributed by atoms with Crippen LogP contribution in [0.3, 0.4) is 0 Å². The van der Waals surface area contributed by atoms with Crippen LogP contribution in [0.1, 0.15) is 7.43 Å². The van der Waals surface area contributed by atoms with Gasteiger partial charge in [-0.1, -0.05) is 68.1 Å². The van der Waals surface area contributed by atoms with Gasteiger partial charge in [0.1, 0.15) is 0 Å². The molecule has 0 bridgehead atoms. The summed E-state index contributed by atoms with van der Waals surface area (Å²) < 4.78 is 0. The molecule has 0 aliphatic rings. The lowest BCUT2D eigenvalue weighted by Gasteiger charge is -2.09. The summed E-state index contributed by atoms with van der Waals surface area (Å²) in [5, 5.41) is 6.82. The topological polar surface area (TPSA) is 24.1 Å². The Kier molecular flexibility index (Phi) is 5.91. The number of hydrogen-bond acceptors (Lipinski definition) is 2. The van der Waals surface area contributed by atoms with Crippen LogP contribution in [0.15, 0.2) is 109 Å². The molecular weight excluding hydrogens is 328 g/mol. The van der Waals surface area contributed by atoms with E-state index in [1.54, 1.807) is 0 Å². The molecule has 4 rings (SSSR count). The molecule has 0 atom stereocenters. The predicted octanol–water partition coefficient (Wildman–Crippen LogP) is 7.48. The Morgan fingerprint density at radius 3 is 0.963 bits per heavy atom. The van der Waals surface area contributed by atoms with Crippen molar-refractivity contribution in [1.82, 2.24) is 0 Å². The Bertz CT molecular complexity index is 862. The van der Waals surface area contributed by atoms with Gasteiger partial charge in [-0.05, 0) is 59.7 Å². The fraction of sp³-hybridized carbons (Fsp3) is 0.0400. The molecule has 0 aromatic heterocycles. The first-order valence-corrected chi connectivity index (χ1v) is 8.71. The first kappa shape index (κ1) is 18.3. The van der Waals surface area contributed by atoms with Gasteiger partial charge in [0.25, 0.3) is 0 Å². The normalized spacial score (nSPS) is 9.93. The maximum absolute atomic E-state index is 3.41. The number of para-hydroxylation sites is 2. The summed E-state index contributed by atoms with van der Waals surface area (Å²) in [4.78, 5) is 0. The minimum absolute atomic E-state index is 0. The zero-order valence-corrected chi connectivity index (χ0v) is 14.4. The van der Waals surface area contributed by atoms with E-state index < -0.39 is 0 Å². The van der Waals surface area contributed by atoms with E-state index in [0.29, 0.717) is 0 Å². The van der Waals surface area contributed by atoms with Crippen molar-refractivity contribution in [3.63, 3.8) is 0 Å². The van der Waals surface area contributed by atoms with Crippen molar-refractivity contribution in [2.24, 2.45) is 0 Å². The second-order valence-electron chi connectivity index (χ2n) is 6.14. The van der Waals surface area contributed by atoms with Gasteiger partial charge in [-0.2, -0.15) is 0 Å². The van der Waals surface area contributed by atoms with E-state index in [-0.39, 0.29) is 7.43 Å². The van der Waals surface area contributed by atoms with Crippen molar-refractivity contribution in [3.05, 3.63) is 109 Å². The molecule has 2 N–H and O–H groups in total. The lowest BCUT2D eigenvalue weighted by Crippen LogP contribution is -1.90. The van der Waals surface area contributed by atoms with E-state index in [9.17, 15) is 0 Å². The van der Waals surface area contributed by atoms with Crippen LogP contribution in [0.4, 0.5) is 22.7 Å². The fourth-order valence-electron chi connectivity index (χ4n) is 2.87. The van der Waals surface area contributed by atoms with Crippen LogP contribution in [0.5, 0.6) is 0 Å². The molecule has 0 amide bonds. The van der Waals surface area contributed by atoms with Crippen molar-refractivity contribution >= 4 is 22.7 Å². The van der Waals surface area contributed by atoms with Gasteiger partial charge in [0.2, 0.25) is 0 Å². The lowest BCUT2D eigenvalue weighted by atomic mass is 10.0. The average molecular weight is 352 g/mol. The Balaban J connectivity index is 0.00000210. The third-order valence-corrected chi connectivity index (χ3v) is 4.23. The molecule has 0 fully saturated rings. The van der Waals surface area contributed by atoms with E-state index in [0.717, 1.165) is 22.7 Å². The maximum atomic E-state index is 3.41. The number of hydrogen-bond donors (Lipinski definition) is 2. The number of benzene rings is 4. The predicted molar refractivity (Wildman–Crippen MR) is 118 cm³/mol. The molecule has 4 aromatic carbocycles. The smallest absolute Gasteiger partial charge is 0.0384 e. The minimum Gasteiger partial charge on any atom is -0.356 e. The van der Waals surface area contributed by atoms with E-state index in [2.05, 4.69) is 83.4 Å². The van der Waals surface area contributed by atoms with Crippen molar-refractivity contribution < 1.29 is 0 Å². The summed E-state index contributed by atoms with van der Waals surface area (Å²) in [7, 11) is 0. The summed E-state index contributed by atoms with van der Waals surface area (Å²) in [5.74, 6) is 0. The van der Waals surface area contributed by atoms with Gasteiger partial charge in [-0.25, -0.2) is 0 Å². The molecule has 134 valence electrons. The largest absolute Gasteiger partial charge is 0.356 e. The van der Waals surface area contributed by atoms with Gasteiger partial charge in [0, 0.05) is 22.7 Å². The highest BCUT2D eigenvalue weighted by molar-refractivity contribution is 5.71. The van der Waals surface area contributed by atoms with Crippen LogP contribution < -0.4 is 10.6 Å². The number of anilines is 4. The fourth-order valence-corrected chi connectivity index (χ4v) is 2.87. The van der Waals surface area contributed by atoms with Gasteiger partial charge in [-0.3, -0.25) is 0 Å². The Hall–Kier alpha value is -3.52. The maximum Gasteiger partial charge on any atom is 0.0384 e. The summed E-state index contributed by atoms with van der Waals surface area (Å²) in [6, 6.07) is 37.4. The first-order chi connectivity index (χ1) is 12.9. The first-order valence-electron chi connectivity index (χ1n) is 8.71. The molecule has 0 heterocycles. The molecule has 4 aromatic rings. The molecular formula is C25H24N2. The van der Waals surface area contributed by atoms with Gasteiger partial charge < -0.3 is 10.6 Å². The molecule has 0 unspecified atom stereocenters. The Morgan fingerprint density at radius 1 is 0.333 bits per heavy atom. The summed E-state index contributed by atoms with van der Waals surface area (Å²) in [6.07, 6.45) is 0. The highest BCUT2D eigenvalue weighted by atomic mass is 14.9. The Morgan fingerprint density at radius 2 is 0.630 bits per heavy atom. The standard InChI is InChI=1S/C24H20N2.CH4/c1-3-7-21(8-4-1)25-23-15-11-19(12-16-23)20-13-17-24(18-14-20)26-22-9-5-2-6-10-22;/h1-18,25-26H;1H4. The van der Waals surface area contributed by atoms with Crippen LogP contribution in [-0.4, -0.2) is 0 Å². The second-order valence-corrected chi connectivity index (χ2v) is 6.14. The minimum atomic E-state index is 0. The van der Waals surface area contributed by atoms with Gasteiger partial charge in [0.15, 0.2) is 0 Å². The molecule has 0 saturated carbocycles. The van der Waals surface area contributed by atoms with E-state index in [4.69, 9.17) is 0 Å². The van der Waals surface area contributed by atoms with E-state index in [1.165, 1.54) is 11.1 Å². The van der Waals surface area contributed by atoms with Crippen LogP contribution in [-0.2, 0) is 0 Å². The van der Waals surface area contributed by atoms with Crippen molar-refractivity contribution in [2.75, 3.05) is 10.6 Å². The van der Waals surface area contributed by atoms with Gasteiger partial charge in [0.05, 0.1) is 0 Å². The highest BCUT2D eigenvalue weighted by Gasteiger charge is 2.00. The van der Waals surface area contributed by atoms with Crippen LogP contribution in [0, 0.1) is 0 Å². The molecule has 0 saturated heterocycles. The zero-order valence-electron chi connectivity index (χ0n) is 14.4. The van der Waals surface area contributed by atoms with E-state index in [1.807, 2.05) is 36.4 Å². The SMILES string of the molecule is C.c1ccc(Nc2ccc(-c3ccc(Nc4ccccc4)cc3)cc2)cc1. The zero-order chi connectivity index (χ0) is 17.6. The second kappa shape index (κ2) is 8.72. The van der Waals surface area contributed by atoms with Crippen molar-refractivity contribution in [1.29, 1.82) is 0 Å². The quantitative estimate of drug-likeness (QED) is 0.389. The van der Waals surface area contributed by atoms with Crippen LogP contribution >= 0.6 is 0 Å². The van der Waals surface area contributed by atoms with Crippen LogP contribution in [0.25, 0.3) is 11.1 Å². The monoisotopic (exact) mass is 352 g/mol. The van der Waals surface area contributed by atoms with Crippen molar-refractivity contribution in [3.8, 4) is 11.1 Å².